The number of ether oxygens (including phenoxy) is 2. The Balaban J connectivity index is 1.64. The van der Waals surface area contributed by atoms with E-state index in [-0.39, 0.29) is 47.0 Å². The van der Waals surface area contributed by atoms with Gasteiger partial charge in [-0.05, 0) is 49.2 Å². The van der Waals surface area contributed by atoms with Gasteiger partial charge >= 0.3 is 23.9 Å². The summed E-state index contributed by atoms with van der Waals surface area (Å²) in [5, 5.41) is 36.4. The van der Waals surface area contributed by atoms with E-state index in [1.165, 1.54) is 24.3 Å². The summed E-state index contributed by atoms with van der Waals surface area (Å²) in [6, 6.07) is 7.37. The summed E-state index contributed by atoms with van der Waals surface area (Å²) in [6.45, 7) is 0.543. The molecule has 0 atom stereocenters. The number of hydrogen-bond acceptors (Lipinski definition) is 8. The van der Waals surface area contributed by atoms with Crippen molar-refractivity contribution in [1.82, 2.24) is 0 Å². The molecule has 10 nitrogen and oxygen atoms in total. The van der Waals surface area contributed by atoms with Gasteiger partial charge in [0.25, 0.3) is 0 Å². The van der Waals surface area contributed by atoms with Gasteiger partial charge in [-0.2, -0.15) is 0 Å². The molecule has 0 fully saturated rings. The lowest BCUT2D eigenvalue weighted by molar-refractivity contribution is 0.0672. The molecule has 2 aromatic carbocycles. The number of rotatable bonds is 15. The minimum atomic E-state index is -1.27. The topological polar surface area (TPSA) is 168 Å². The number of carboxylic acid groups (broad SMARTS) is 4. The van der Waals surface area contributed by atoms with E-state index < -0.39 is 23.9 Å². The van der Waals surface area contributed by atoms with E-state index >= 15 is 0 Å². The number of carbonyl (C=O) groups is 4. The maximum absolute atomic E-state index is 11.3. The smallest absolute Gasteiger partial charge is 0.339 e. The minimum Gasteiger partial charge on any atom is -0.493 e. The van der Waals surface area contributed by atoms with E-state index in [0.717, 1.165) is 23.6 Å². The number of aromatic carboxylic acids is 4. The summed E-state index contributed by atoms with van der Waals surface area (Å²) in [6.07, 6.45) is 1.29. The van der Waals surface area contributed by atoms with Crippen LogP contribution in [0.3, 0.4) is 0 Å². The van der Waals surface area contributed by atoms with Crippen LogP contribution in [0.2, 0.25) is 0 Å². The summed E-state index contributed by atoms with van der Waals surface area (Å²) >= 11 is 0. The van der Waals surface area contributed by atoms with Gasteiger partial charge in [0.15, 0.2) is 0 Å². The molecular formula is C22H22O10S2. The van der Waals surface area contributed by atoms with Crippen LogP contribution in [0.5, 0.6) is 11.5 Å². The predicted molar refractivity (Wildman–Crippen MR) is 126 cm³/mol. The molecule has 0 amide bonds. The standard InChI is InChI=1S/C22H22O10S2/c23-19(24)13-3-5-17(15(11-13)21(27)28)31-7-1-9-33-34-10-2-8-32-18-6-4-14(20(25)26)12-16(18)22(29)30/h3-6,11-12H,1-2,7-10H2,(H,23,24)(H,25,26)(H,27,28)(H,29,30). The second-order valence-electron chi connectivity index (χ2n) is 6.69. The molecule has 34 heavy (non-hydrogen) atoms. The molecule has 0 radical (unpaired) electrons. The van der Waals surface area contributed by atoms with Crippen molar-refractivity contribution >= 4 is 45.5 Å². The fraction of sp³-hybridized carbons (Fsp3) is 0.273. The molecule has 0 aliphatic carbocycles. The minimum absolute atomic E-state index is 0.115. The summed E-state index contributed by atoms with van der Waals surface area (Å²) in [5.41, 5.74) is -0.662. The van der Waals surface area contributed by atoms with Crippen molar-refractivity contribution in [2.24, 2.45) is 0 Å². The molecule has 2 rings (SSSR count). The Labute approximate surface area is 202 Å². The van der Waals surface area contributed by atoms with Crippen LogP contribution in [0.15, 0.2) is 36.4 Å². The molecular weight excluding hydrogens is 488 g/mol. The van der Waals surface area contributed by atoms with Crippen LogP contribution in [-0.2, 0) is 0 Å². The first-order valence-corrected chi connectivity index (χ1v) is 12.4. The second kappa shape index (κ2) is 13.4. The molecule has 182 valence electrons. The van der Waals surface area contributed by atoms with Crippen molar-refractivity contribution < 1.29 is 49.1 Å². The number of carboxylic acids is 4. The van der Waals surface area contributed by atoms with Crippen LogP contribution >= 0.6 is 21.6 Å². The molecule has 12 heteroatoms. The van der Waals surface area contributed by atoms with Crippen molar-refractivity contribution in [2.45, 2.75) is 12.8 Å². The van der Waals surface area contributed by atoms with Crippen molar-refractivity contribution in [3.05, 3.63) is 58.7 Å². The fourth-order valence-corrected chi connectivity index (χ4v) is 4.75. The van der Waals surface area contributed by atoms with Crippen LogP contribution in [0.25, 0.3) is 0 Å². The van der Waals surface area contributed by atoms with E-state index in [4.69, 9.17) is 19.7 Å². The SMILES string of the molecule is O=C(O)c1ccc(OCCCSSCCCOc2ccc(C(=O)O)cc2C(=O)O)c(C(=O)O)c1. The van der Waals surface area contributed by atoms with Crippen LogP contribution in [0, 0.1) is 0 Å². The first-order valence-electron chi connectivity index (χ1n) is 9.92. The lowest BCUT2D eigenvalue weighted by atomic mass is 10.1. The van der Waals surface area contributed by atoms with Gasteiger partial charge in [-0.1, -0.05) is 21.6 Å². The Kier molecular flexibility index (Phi) is 10.6. The molecule has 0 unspecified atom stereocenters. The maximum atomic E-state index is 11.3. The van der Waals surface area contributed by atoms with Gasteiger partial charge in [0.2, 0.25) is 0 Å². The Hall–Kier alpha value is -3.38. The first-order chi connectivity index (χ1) is 16.2. The van der Waals surface area contributed by atoms with Crippen LogP contribution in [0.1, 0.15) is 54.3 Å². The Bertz CT molecular complexity index is 970. The molecule has 0 bridgehead atoms. The van der Waals surface area contributed by atoms with E-state index in [1.54, 1.807) is 21.6 Å². The highest BCUT2D eigenvalue weighted by Gasteiger charge is 2.16. The largest absolute Gasteiger partial charge is 0.493 e. The summed E-state index contributed by atoms with van der Waals surface area (Å²) in [4.78, 5) is 44.5. The van der Waals surface area contributed by atoms with Crippen LogP contribution in [-0.4, -0.2) is 69.0 Å². The summed E-state index contributed by atoms with van der Waals surface area (Å²) in [7, 11) is 3.18. The molecule has 0 aliphatic rings. The first kappa shape index (κ1) is 26.9. The monoisotopic (exact) mass is 510 g/mol. The molecule has 0 saturated carbocycles. The van der Waals surface area contributed by atoms with E-state index in [2.05, 4.69) is 0 Å². The van der Waals surface area contributed by atoms with Crippen molar-refractivity contribution in [2.75, 3.05) is 24.7 Å². The van der Waals surface area contributed by atoms with E-state index in [9.17, 15) is 29.4 Å². The highest BCUT2D eigenvalue weighted by molar-refractivity contribution is 8.76. The molecule has 0 aromatic heterocycles. The normalized spacial score (nSPS) is 10.5. The van der Waals surface area contributed by atoms with Gasteiger partial charge in [-0.3, -0.25) is 0 Å². The zero-order valence-electron chi connectivity index (χ0n) is 17.8. The summed E-state index contributed by atoms with van der Waals surface area (Å²) < 4.78 is 11.0. The second-order valence-corrected chi connectivity index (χ2v) is 9.39. The lowest BCUT2D eigenvalue weighted by Gasteiger charge is -2.10. The molecule has 4 N–H and O–H groups in total. The zero-order chi connectivity index (χ0) is 25.1. The van der Waals surface area contributed by atoms with E-state index in [0.29, 0.717) is 12.8 Å². The number of hydrogen-bond donors (Lipinski definition) is 4. The lowest BCUT2D eigenvalue weighted by Crippen LogP contribution is -2.07. The van der Waals surface area contributed by atoms with Crippen molar-refractivity contribution in [1.29, 1.82) is 0 Å². The third kappa shape index (κ3) is 8.19. The highest BCUT2D eigenvalue weighted by atomic mass is 33.1. The highest BCUT2D eigenvalue weighted by Crippen LogP contribution is 2.25. The number of benzene rings is 2. The van der Waals surface area contributed by atoms with Crippen LogP contribution in [0.4, 0.5) is 0 Å². The van der Waals surface area contributed by atoms with Gasteiger partial charge < -0.3 is 29.9 Å². The fourth-order valence-electron chi connectivity index (χ4n) is 2.63. The summed E-state index contributed by atoms with van der Waals surface area (Å²) in [5.74, 6) is -3.26. The molecule has 0 aliphatic heterocycles. The van der Waals surface area contributed by atoms with Gasteiger partial charge in [0, 0.05) is 11.5 Å². The van der Waals surface area contributed by atoms with Gasteiger partial charge in [0.1, 0.15) is 22.6 Å². The van der Waals surface area contributed by atoms with E-state index in [1.807, 2.05) is 0 Å². The van der Waals surface area contributed by atoms with Crippen molar-refractivity contribution in [3.63, 3.8) is 0 Å². The Morgan fingerprint density at radius 1 is 0.618 bits per heavy atom. The van der Waals surface area contributed by atoms with Crippen molar-refractivity contribution in [3.8, 4) is 11.5 Å². The average Bonchev–Trinajstić information content (AvgIpc) is 2.79. The van der Waals surface area contributed by atoms with Gasteiger partial charge in [-0.15, -0.1) is 0 Å². The molecule has 0 saturated heterocycles. The maximum Gasteiger partial charge on any atom is 0.339 e. The third-order valence-corrected chi connectivity index (χ3v) is 6.83. The predicted octanol–water partition coefficient (Wildman–Crippen LogP) is 4.10. The molecule has 0 heterocycles. The van der Waals surface area contributed by atoms with Crippen LogP contribution < -0.4 is 9.47 Å². The third-order valence-electron chi connectivity index (χ3n) is 4.26. The zero-order valence-corrected chi connectivity index (χ0v) is 19.4. The Morgan fingerprint density at radius 3 is 1.32 bits per heavy atom. The molecule has 2 aromatic rings. The average molecular weight is 511 g/mol. The molecule has 0 spiro atoms. The quantitative estimate of drug-likeness (QED) is 0.200. The van der Waals surface area contributed by atoms with Gasteiger partial charge in [-0.25, -0.2) is 19.2 Å². The van der Waals surface area contributed by atoms with Gasteiger partial charge in [0.05, 0.1) is 24.3 Å². The Morgan fingerprint density at radius 2 is 1.00 bits per heavy atom.